The van der Waals surface area contributed by atoms with E-state index in [-0.39, 0.29) is 17.1 Å². The van der Waals surface area contributed by atoms with Crippen LogP contribution in [0.2, 0.25) is 0 Å². The van der Waals surface area contributed by atoms with E-state index in [1.54, 1.807) is 11.8 Å². The van der Waals surface area contributed by atoms with Crippen LogP contribution >= 0.6 is 23.5 Å². The van der Waals surface area contributed by atoms with E-state index >= 15 is 0 Å². The molecule has 0 aliphatic heterocycles. The lowest BCUT2D eigenvalue weighted by atomic mass is 10.1. The highest BCUT2D eigenvalue weighted by Gasteiger charge is 2.23. The molecule has 0 bridgehead atoms. The van der Waals surface area contributed by atoms with Crippen LogP contribution in [0.25, 0.3) is 0 Å². The lowest BCUT2D eigenvalue weighted by Gasteiger charge is -2.18. The van der Waals surface area contributed by atoms with Crippen molar-refractivity contribution in [3.05, 3.63) is 0 Å². The molecule has 1 rings (SSSR count). The third-order valence-corrected chi connectivity index (χ3v) is 6.98. The number of nitrogen functional groups attached to an aromatic ring is 1. The molecule has 0 aromatic carbocycles. The number of hydrogen-bond donors (Lipinski definition) is 2. The zero-order valence-electron chi connectivity index (χ0n) is 19.2. The Morgan fingerprint density at radius 2 is 1.67 bits per heavy atom. The first-order valence-electron chi connectivity index (χ1n) is 11.2. The minimum atomic E-state index is -0.0743. The van der Waals surface area contributed by atoms with Gasteiger partial charge in [0.15, 0.2) is 0 Å². The normalized spacial score (nSPS) is 12.0. The van der Waals surface area contributed by atoms with Crippen LogP contribution in [0.5, 0.6) is 5.88 Å². The van der Waals surface area contributed by atoms with Crippen LogP contribution in [0.15, 0.2) is 5.03 Å². The second kappa shape index (κ2) is 16.5. The van der Waals surface area contributed by atoms with E-state index in [0.717, 1.165) is 25.0 Å². The van der Waals surface area contributed by atoms with Gasteiger partial charge in [-0.2, -0.15) is 4.98 Å². The van der Waals surface area contributed by atoms with Crippen molar-refractivity contribution in [1.29, 1.82) is 0 Å². The Morgan fingerprint density at radius 3 is 2.30 bits per heavy atom. The first-order chi connectivity index (χ1) is 14.6. The Hall–Kier alpha value is -1.15. The smallest absolute Gasteiger partial charge is 0.243 e. The molecule has 0 aliphatic rings. The van der Waals surface area contributed by atoms with Gasteiger partial charge in [-0.25, -0.2) is 4.98 Å². The number of nitrogens with zero attached hydrogens (tertiary/aromatic N) is 2. The lowest BCUT2D eigenvalue weighted by molar-refractivity contribution is -0.115. The Kier molecular flexibility index (Phi) is 14.8. The van der Waals surface area contributed by atoms with Crippen molar-refractivity contribution in [2.45, 2.75) is 94.8 Å². The van der Waals surface area contributed by atoms with E-state index in [2.05, 4.69) is 29.1 Å². The molecule has 1 aromatic heterocycles. The van der Waals surface area contributed by atoms with E-state index in [4.69, 9.17) is 10.5 Å². The summed E-state index contributed by atoms with van der Waals surface area (Å²) < 4.78 is 5.34. The maximum absolute atomic E-state index is 13.1. The number of hydrogen-bond acceptors (Lipinski definition) is 7. The number of thioether (sulfide) groups is 2. The molecule has 0 saturated carbocycles. The van der Waals surface area contributed by atoms with Gasteiger partial charge in [-0.1, -0.05) is 71.6 Å². The van der Waals surface area contributed by atoms with Gasteiger partial charge >= 0.3 is 0 Å². The Labute approximate surface area is 191 Å². The minimum Gasteiger partial charge on any atom is -0.479 e. The average molecular weight is 457 g/mol. The molecule has 0 spiro atoms. The molecule has 0 aliphatic carbocycles. The molecule has 8 heteroatoms. The van der Waals surface area contributed by atoms with Gasteiger partial charge in [0.2, 0.25) is 17.7 Å². The zero-order chi connectivity index (χ0) is 22.2. The van der Waals surface area contributed by atoms with Gasteiger partial charge in [-0.3, -0.25) is 4.79 Å². The van der Waals surface area contributed by atoms with Crippen LogP contribution in [0.1, 0.15) is 84.5 Å². The maximum Gasteiger partial charge on any atom is 0.243 e. The number of methoxy groups -OCH3 is 1. The molecule has 0 fully saturated rings. The van der Waals surface area contributed by atoms with Gasteiger partial charge in [0.05, 0.1) is 12.4 Å². The topological polar surface area (TPSA) is 90.1 Å². The first-order valence-corrected chi connectivity index (χ1v) is 13.5. The molecule has 1 amide bonds. The van der Waals surface area contributed by atoms with Gasteiger partial charge in [0.1, 0.15) is 10.7 Å². The molecule has 6 nitrogen and oxygen atoms in total. The van der Waals surface area contributed by atoms with Gasteiger partial charge in [0.25, 0.3) is 0 Å². The number of carbonyl (C=O) groups is 1. The fraction of sp³-hybridized carbons (Fsp3) is 0.773. The van der Waals surface area contributed by atoms with Gasteiger partial charge in [-0.05, 0) is 24.9 Å². The quantitative estimate of drug-likeness (QED) is 0.165. The molecule has 1 aromatic rings. The number of unbranched alkanes of at least 4 members (excludes halogenated alkanes) is 8. The number of carbonyl (C=O) groups excluding carboxylic acids is 1. The fourth-order valence-electron chi connectivity index (χ4n) is 3.20. The van der Waals surface area contributed by atoms with Crippen molar-refractivity contribution in [1.82, 2.24) is 9.97 Å². The Morgan fingerprint density at radius 1 is 1.03 bits per heavy atom. The van der Waals surface area contributed by atoms with Gasteiger partial charge < -0.3 is 15.8 Å². The van der Waals surface area contributed by atoms with E-state index in [0.29, 0.717) is 16.6 Å². The predicted molar refractivity (Wildman–Crippen MR) is 132 cm³/mol. The molecule has 1 atom stereocenters. The molecule has 3 N–H and O–H groups in total. The highest BCUT2D eigenvalue weighted by Crippen LogP contribution is 2.33. The highest BCUT2D eigenvalue weighted by atomic mass is 32.2. The molecular formula is C22H40N4O2S2. The number of nitrogens with one attached hydrogen (secondary N) is 1. The average Bonchev–Trinajstić information content (AvgIpc) is 2.75. The number of aromatic nitrogens is 2. The number of ether oxygens (including phenoxy) is 1. The summed E-state index contributed by atoms with van der Waals surface area (Å²) in [5.74, 6) is 1.47. The fourth-order valence-corrected chi connectivity index (χ4v) is 4.92. The summed E-state index contributed by atoms with van der Waals surface area (Å²) in [6, 6.07) is 0. The summed E-state index contributed by atoms with van der Waals surface area (Å²) in [7, 11) is 1.53. The summed E-state index contributed by atoms with van der Waals surface area (Å²) >= 11 is 3.19. The summed E-state index contributed by atoms with van der Waals surface area (Å²) in [5.41, 5.74) is 6.28. The number of nitrogens with two attached hydrogens (primary N) is 1. The lowest BCUT2D eigenvalue weighted by Crippen LogP contribution is -2.26. The molecule has 1 heterocycles. The number of anilines is 2. The molecule has 30 heavy (non-hydrogen) atoms. The Bertz CT molecular complexity index is 592. The van der Waals surface area contributed by atoms with Gasteiger partial charge in [0, 0.05) is 0 Å². The van der Waals surface area contributed by atoms with Crippen LogP contribution in [-0.4, -0.2) is 40.2 Å². The van der Waals surface area contributed by atoms with E-state index < -0.39 is 0 Å². The molecule has 0 radical (unpaired) electrons. The van der Waals surface area contributed by atoms with Crippen molar-refractivity contribution in [3.8, 4) is 5.88 Å². The standard InChI is InChI=1S/C22H40N4O2S2/c1-5-7-9-11-12-13-15-17(30-16-14-10-8-6-2)19(27)24-18-20(28-3)25-22(23)26-21(18)29-4/h17H,5-16H2,1-4H3,(H,24,27)(H2,23,25,26). The molecule has 172 valence electrons. The van der Waals surface area contributed by atoms with Crippen LogP contribution in [0, 0.1) is 0 Å². The minimum absolute atomic E-state index is 0.00558. The van der Waals surface area contributed by atoms with E-state index in [1.165, 1.54) is 70.2 Å². The van der Waals surface area contributed by atoms with Gasteiger partial charge in [-0.15, -0.1) is 23.5 Å². The first kappa shape index (κ1) is 26.9. The van der Waals surface area contributed by atoms with Crippen molar-refractivity contribution in [3.63, 3.8) is 0 Å². The number of rotatable bonds is 17. The monoisotopic (exact) mass is 456 g/mol. The van der Waals surface area contributed by atoms with Crippen LogP contribution in [0.3, 0.4) is 0 Å². The van der Waals surface area contributed by atoms with Crippen LogP contribution < -0.4 is 15.8 Å². The highest BCUT2D eigenvalue weighted by molar-refractivity contribution is 8.00. The second-order valence-corrected chi connectivity index (χ2v) is 9.55. The van der Waals surface area contributed by atoms with Crippen molar-refractivity contribution in [2.75, 3.05) is 30.2 Å². The van der Waals surface area contributed by atoms with E-state index in [9.17, 15) is 4.79 Å². The molecule has 1 unspecified atom stereocenters. The Balaban J connectivity index is 2.75. The maximum atomic E-state index is 13.1. The van der Waals surface area contributed by atoms with Crippen molar-refractivity contribution in [2.24, 2.45) is 0 Å². The largest absolute Gasteiger partial charge is 0.479 e. The summed E-state index contributed by atoms with van der Waals surface area (Å²) in [5, 5.41) is 3.59. The van der Waals surface area contributed by atoms with E-state index in [1.807, 2.05) is 6.26 Å². The molecular weight excluding hydrogens is 416 g/mol. The third-order valence-electron chi connectivity index (χ3n) is 4.92. The van der Waals surface area contributed by atoms with Crippen LogP contribution in [-0.2, 0) is 4.79 Å². The SMILES string of the molecule is CCCCCCCCC(SCCCCCC)C(=O)Nc1c(OC)nc(N)nc1SC. The third kappa shape index (κ3) is 10.2. The second-order valence-electron chi connectivity index (χ2n) is 7.44. The zero-order valence-corrected chi connectivity index (χ0v) is 20.8. The summed E-state index contributed by atoms with van der Waals surface area (Å²) in [6.07, 6.45) is 15.0. The van der Waals surface area contributed by atoms with Crippen molar-refractivity contribution < 1.29 is 9.53 Å². The number of amides is 1. The predicted octanol–water partition coefficient (Wildman–Crippen LogP) is 6.16. The van der Waals surface area contributed by atoms with Crippen LogP contribution in [0.4, 0.5) is 11.6 Å². The van der Waals surface area contributed by atoms with Crippen molar-refractivity contribution >= 4 is 41.1 Å². The summed E-state index contributed by atoms with van der Waals surface area (Å²) in [6.45, 7) is 4.45. The summed E-state index contributed by atoms with van der Waals surface area (Å²) in [4.78, 5) is 21.5. The molecule has 0 saturated heterocycles.